The van der Waals surface area contributed by atoms with Crippen molar-refractivity contribution in [3.05, 3.63) is 59.4 Å². The lowest BCUT2D eigenvalue weighted by molar-refractivity contribution is -0.122. The number of halogens is 1. The Morgan fingerprint density at radius 1 is 0.960 bits per heavy atom. The maximum atomic E-state index is 13.0. The molecule has 3 rings (SSSR count). The molecular formula is C17H11FN2O5. The number of carbonyl (C=O) groups excluding carboxylic acids is 3. The van der Waals surface area contributed by atoms with E-state index in [1.165, 1.54) is 30.3 Å². The van der Waals surface area contributed by atoms with Gasteiger partial charge in [0.2, 0.25) is 0 Å². The van der Waals surface area contributed by atoms with Gasteiger partial charge < -0.3 is 10.2 Å². The number of anilines is 1. The van der Waals surface area contributed by atoms with Crippen molar-refractivity contribution < 1.29 is 29.0 Å². The molecule has 25 heavy (non-hydrogen) atoms. The zero-order chi connectivity index (χ0) is 18.1. The van der Waals surface area contributed by atoms with E-state index in [-0.39, 0.29) is 22.6 Å². The molecule has 0 aliphatic carbocycles. The fourth-order valence-electron chi connectivity index (χ4n) is 2.28. The van der Waals surface area contributed by atoms with Gasteiger partial charge in [-0.15, -0.1) is 0 Å². The van der Waals surface area contributed by atoms with Crippen LogP contribution in [0.5, 0.6) is 11.5 Å². The van der Waals surface area contributed by atoms with Crippen LogP contribution in [0.15, 0.2) is 48.0 Å². The molecule has 0 saturated carbocycles. The van der Waals surface area contributed by atoms with Crippen molar-refractivity contribution >= 4 is 29.6 Å². The molecule has 2 aromatic carbocycles. The summed E-state index contributed by atoms with van der Waals surface area (Å²) in [6, 6.07) is 7.38. The highest BCUT2D eigenvalue weighted by atomic mass is 19.1. The Morgan fingerprint density at radius 2 is 1.64 bits per heavy atom. The Labute approximate surface area is 140 Å². The molecule has 0 bridgehead atoms. The van der Waals surface area contributed by atoms with Gasteiger partial charge in [0.15, 0.2) is 11.5 Å². The van der Waals surface area contributed by atoms with E-state index < -0.39 is 29.4 Å². The van der Waals surface area contributed by atoms with Crippen molar-refractivity contribution in [3.8, 4) is 11.5 Å². The summed E-state index contributed by atoms with van der Waals surface area (Å²) in [5.41, 5.74) is 0.00655. The molecule has 126 valence electrons. The molecule has 1 aliphatic heterocycles. The third-order valence-corrected chi connectivity index (χ3v) is 3.50. The van der Waals surface area contributed by atoms with E-state index in [1.807, 2.05) is 5.32 Å². The van der Waals surface area contributed by atoms with E-state index in [1.54, 1.807) is 0 Å². The van der Waals surface area contributed by atoms with Crippen molar-refractivity contribution in [2.45, 2.75) is 0 Å². The highest BCUT2D eigenvalue weighted by molar-refractivity contribution is 6.39. The Morgan fingerprint density at radius 3 is 2.28 bits per heavy atom. The van der Waals surface area contributed by atoms with Gasteiger partial charge in [-0.3, -0.25) is 14.9 Å². The van der Waals surface area contributed by atoms with Crippen LogP contribution in [0.4, 0.5) is 14.9 Å². The predicted octanol–water partition coefficient (Wildman–Crippen LogP) is 1.90. The maximum absolute atomic E-state index is 13.0. The predicted molar refractivity (Wildman–Crippen MR) is 85.2 cm³/mol. The Kier molecular flexibility index (Phi) is 3.94. The molecule has 3 N–H and O–H groups in total. The van der Waals surface area contributed by atoms with E-state index in [2.05, 4.69) is 0 Å². The van der Waals surface area contributed by atoms with E-state index in [0.717, 1.165) is 18.2 Å². The van der Waals surface area contributed by atoms with E-state index in [9.17, 15) is 29.0 Å². The molecule has 0 atom stereocenters. The zero-order valence-corrected chi connectivity index (χ0v) is 12.6. The van der Waals surface area contributed by atoms with Gasteiger partial charge in [0.1, 0.15) is 11.4 Å². The smallest absolute Gasteiger partial charge is 0.335 e. The standard InChI is InChI=1S/C17H11FN2O5/c18-10-2-4-11(5-3-10)20-16(24)12(15(23)19-17(20)25)7-9-1-6-13(21)14(22)8-9/h1-8,21-22H,(H,19,23,25)/b12-7+. The molecule has 2 aromatic rings. The topological polar surface area (TPSA) is 107 Å². The molecule has 1 saturated heterocycles. The minimum atomic E-state index is -0.952. The second-order valence-corrected chi connectivity index (χ2v) is 5.18. The van der Waals surface area contributed by atoms with Gasteiger partial charge in [-0.1, -0.05) is 6.07 Å². The van der Waals surface area contributed by atoms with Crippen molar-refractivity contribution in [3.63, 3.8) is 0 Å². The number of urea groups is 1. The van der Waals surface area contributed by atoms with Crippen molar-refractivity contribution in [2.75, 3.05) is 4.90 Å². The number of rotatable bonds is 2. The first-order valence-electron chi connectivity index (χ1n) is 7.06. The average molecular weight is 342 g/mol. The molecule has 0 radical (unpaired) electrons. The van der Waals surface area contributed by atoms with Gasteiger partial charge in [0, 0.05) is 0 Å². The highest BCUT2D eigenvalue weighted by Crippen LogP contribution is 2.27. The number of aromatic hydroxyl groups is 2. The molecule has 8 heteroatoms. The third-order valence-electron chi connectivity index (χ3n) is 3.50. The Hall–Kier alpha value is -3.68. The van der Waals surface area contributed by atoms with Gasteiger partial charge >= 0.3 is 6.03 Å². The number of nitrogens with zero attached hydrogens (tertiary/aromatic N) is 1. The quantitative estimate of drug-likeness (QED) is 0.439. The largest absolute Gasteiger partial charge is 0.504 e. The summed E-state index contributed by atoms with van der Waals surface area (Å²) in [5.74, 6) is -3.12. The van der Waals surface area contributed by atoms with Crippen LogP contribution in [-0.2, 0) is 9.59 Å². The summed E-state index contributed by atoms with van der Waals surface area (Å²) in [7, 11) is 0. The lowest BCUT2D eigenvalue weighted by atomic mass is 10.1. The summed E-state index contributed by atoms with van der Waals surface area (Å²) in [5, 5.41) is 20.8. The van der Waals surface area contributed by atoms with E-state index in [0.29, 0.717) is 4.90 Å². The first kappa shape index (κ1) is 16.2. The fraction of sp³-hybridized carbons (Fsp3) is 0. The van der Waals surface area contributed by atoms with Crippen LogP contribution >= 0.6 is 0 Å². The maximum Gasteiger partial charge on any atom is 0.335 e. The summed E-state index contributed by atoms with van der Waals surface area (Å²) in [6.45, 7) is 0. The molecule has 0 unspecified atom stereocenters. The van der Waals surface area contributed by atoms with Crippen molar-refractivity contribution in [2.24, 2.45) is 0 Å². The third kappa shape index (κ3) is 3.05. The monoisotopic (exact) mass is 342 g/mol. The number of imide groups is 2. The summed E-state index contributed by atoms with van der Waals surface area (Å²) >= 11 is 0. The van der Waals surface area contributed by atoms with Crippen LogP contribution in [0.3, 0.4) is 0 Å². The first-order chi connectivity index (χ1) is 11.9. The SMILES string of the molecule is O=C1NC(=O)N(c2ccc(F)cc2)C(=O)/C1=C/c1ccc(O)c(O)c1. The van der Waals surface area contributed by atoms with Gasteiger partial charge in [-0.05, 0) is 48.0 Å². The van der Waals surface area contributed by atoms with Crippen LogP contribution in [0, 0.1) is 5.82 Å². The van der Waals surface area contributed by atoms with Gasteiger partial charge in [0.05, 0.1) is 5.69 Å². The summed E-state index contributed by atoms with van der Waals surface area (Å²) < 4.78 is 13.0. The number of carbonyl (C=O) groups is 3. The molecule has 1 heterocycles. The number of barbiturate groups is 1. The minimum absolute atomic E-state index is 0.0934. The van der Waals surface area contributed by atoms with Crippen LogP contribution in [-0.4, -0.2) is 28.1 Å². The Bertz CT molecular complexity index is 921. The number of nitrogens with one attached hydrogen (secondary N) is 1. The van der Waals surface area contributed by atoms with Crippen LogP contribution in [0.2, 0.25) is 0 Å². The zero-order valence-electron chi connectivity index (χ0n) is 12.6. The van der Waals surface area contributed by atoms with Crippen LogP contribution in [0.1, 0.15) is 5.56 Å². The average Bonchev–Trinajstić information content (AvgIpc) is 2.56. The lowest BCUT2D eigenvalue weighted by Crippen LogP contribution is -2.54. The molecule has 4 amide bonds. The fourth-order valence-corrected chi connectivity index (χ4v) is 2.28. The van der Waals surface area contributed by atoms with Gasteiger partial charge in [0.25, 0.3) is 11.8 Å². The lowest BCUT2D eigenvalue weighted by Gasteiger charge is -2.26. The summed E-state index contributed by atoms with van der Waals surface area (Å²) in [4.78, 5) is 37.2. The first-order valence-corrected chi connectivity index (χ1v) is 7.06. The number of amides is 4. The number of benzene rings is 2. The number of hydrogen-bond donors (Lipinski definition) is 3. The van der Waals surface area contributed by atoms with Crippen molar-refractivity contribution in [1.29, 1.82) is 0 Å². The molecule has 1 aliphatic rings. The second-order valence-electron chi connectivity index (χ2n) is 5.18. The van der Waals surface area contributed by atoms with Gasteiger partial charge in [-0.25, -0.2) is 14.1 Å². The van der Waals surface area contributed by atoms with Crippen LogP contribution < -0.4 is 10.2 Å². The molecule has 0 aromatic heterocycles. The summed E-state index contributed by atoms with van der Waals surface area (Å²) in [6.07, 6.45) is 1.17. The number of phenolic OH excluding ortho intramolecular Hbond substituents is 2. The van der Waals surface area contributed by atoms with E-state index in [4.69, 9.17) is 0 Å². The number of phenols is 2. The normalized spacial score (nSPS) is 16.3. The Balaban J connectivity index is 2.01. The molecular weight excluding hydrogens is 331 g/mol. The number of hydrogen-bond acceptors (Lipinski definition) is 5. The molecule has 1 fully saturated rings. The minimum Gasteiger partial charge on any atom is -0.504 e. The molecule has 7 nitrogen and oxygen atoms in total. The van der Waals surface area contributed by atoms with Gasteiger partial charge in [-0.2, -0.15) is 0 Å². The van der Waals surface area contributed by atoms with Crippen molar-refractivity contribution in [1.82, 2.24) is 5.32 Å². The van der Waals surface area contributed by atoms with Crippen LogP contribution in [0.25, 0.3) is 6.08 Å². The molecule has 0 spiro atoms. The second kappa shape index (κ2) is 6.08. The van der Waals surface area contributed by atoms with E-state index >= 15 is 0 Å². The highest BCUT2D eigenvalue weighted by Gasteiger charge is 2.36.